The topological polar surface area (TPSA) is 64.0 Å². The van der Waals surface area contributed by atoms with Gasteiger partial charge in [0.1, 0.15) is 17.3 Å². The molecule has 8 heteroatoms. The minimum atomic E-state index is -0.395. The Balaban J connectivity index is 1.62. The van der Waals surface area contributed by atoms with Crippen molar-refractivity contribution in [1.82, 2.24) is 4.98 Å². The number of amides is 1. The number of fused-ring (bicyclic) bond motifs is 1. The van der Waals surface area contributed by atoms with Crippen LogP contribution in [0.25, 0.3) is 10.2 Å². The number of carbonyl (C=O) groups is 1. The second kappa shape index (κ2) is 9.36. The summed E-state index contributed by atoms with van der Waals surface area (Å²) in [7, 11) is 1.59. The molecule has 156 valence electrons. The van der Waals surface area contributed by atoms with Crippen LogP contribution in [-0.2, 0) is 4.79 Å². The fraction of sp³-hybridized carbons (Fsp3) is 0.0870. The average molecular weight is 435 g/mol. The lowest BCUT2D eigenvalue weighted by Crippen LogP contribution is -2.30. The van der Waals surface area contributed by atoms with Crippen LogP contribution in [0.3, 0.4) is 0 Å². The Labute approximate surface area is 182 Å². The molecule has 0 bridgehead atoms. The van der Waals surface area contributed by atoms with Gasteiger partial charge < -0.3 is 9.47 Å². The van der Waals surface area contributed by atoms with E-state index < -0.39 is 5.91 Å². The zero-order chi connectivity index (χ0) is 21.6. The number of hydrogen-bond donors (Lipinski definition) is 0. The Bertz CT molecular complexity index is 1210. The van der Waals surface area contributed by atoms with E-state index in [-0.39, 0.29) is 12.4 Å². The number of thiazole rings is 1. The van der Waals surface area contributed by atoms with Crippen LogP contribution >= 0.6 is 11.3 Å². The highest BCUT2D eigenvalue weighted by molar-refractivity contribution is 7.22. The number of anilines is 1. The molecule has 4 aromatic rings. The first-order valence-corrected chi connectivity index (χ1v) is 10.2. The second-order valence-corrected chi connectivity index (χ2v) is 7.44. The van der Waals surface area contributed by atoms with Gasteiger partial charge in [-0.1, -0.05) is 41.7 Å². The van der Waals surface area contributed by atoms with Gasteiger partial charge >= 0.3 is 0 Å². The number of nitrogens with zero attached hydrogens (tertiary/aromatic N) is 3. The van der Waals surface area contributed by atoms with Gasteiger partial charge in [-0.3, -0.25) is 4.79 Å². The van der Waals surface area contributed by atoms with E-state index in [9.17, 15) is 9.18 Å². The van der Waals surface area contributed by atoms with Crippen molar-refractivity contribution in [1.29, 1.82) is 0 Å². The highest BCUT2D eigenvalue weighted by Gasteiger charge is 2.20. The van der Waals surface area contributed by atoms with Crippen LogP contribution in [0, 0.1) is 5.82 Å². The van der Waals surface area contributed by atoms with Crippen molar-refractivity contribution in [2.24, 2.45) is 5.10 Å². The number of halogens is 1. The van der Waals surface area contributed by atoms with Crippen LogP contribution in [0.4, 0.5) is 9.52 Å². The van der Waals surface area contributed by atoms with Gasteiger partial charge in [-0.15, -0.1) is 0 Å². The van der Waals surface area contributed by atoms with E-state index in [0.29, 0.717) is 22.2 Å². The minimum Gasteiger partial charge on any atom is -0.497 e. The van der Waals surface area contributed by atoms with Crippen molar-refractivity contribution in [2.45, 2.75) is 0 Å². The highest BCUT2D eigenvalue weighted by Crippen LogP contribution is 2.31. The summed E-state index contributed by atoms with van der Waals surface area (Å²) in [6, 6.07) is 20.3. The Morgan fingerprint density at radius 3 is 2.61 bits per heavy atom. The Hall–Kier alpha value is -3.78. The number of benzene rings is 3. The highest BCUT2D eigenvalue weighted by atomic mass is 32.1. The van der Waals surface area contributed by atoms with Crippen molar-refractivity contribution >= 4 is 38.8 Å². The maximum atomic E-state index is 13.2. The third-order valence-electron chi connectivity index (χ3n) is 4.30. The summed E-state index contributed by atoms with van der Waals surface area (Å²) in [5.74, 6) is 0.532. The first-order chi connectivity index (χ1) is 15.1. The van der Waals surface area contributed by atoms with E-state index in [1.807, 2.05) is 30.3 Å². The normalized spacial score (nSPS) is 11.0. The van der Waals surface area contributed by atoms with Gasteiger partial charge in [-0.2, -0.15) is 10.1 Å². The van der Waals surface area contributed by atoms with Gasteiger partial charge in [0.05, 0.1) is 23.5 Å². The standard InChI is InChI=1S/C23H18FN3O3S/c1-29-19-11-12-20-21(13-19)31-23(26-20)27(25-14-16-7-9-17(24)10-8-16)22(28)15-30-18-5-3-2-4-6-18/h2-14H,15H2,1H3/b25-14+. The number of methoxy groups -OCH3 is 1. The molecular formula is C23H18FN3O3S. The number of ether oxygens (including phenoxy) is 2. The molecule has 0 spiro atoms. The quantitative estimate of drug-likeness (QED) is 0.306. The van der Waals surface area contributed by atoms with Gasteiger partial charge in [0.15, 0.2) is 6.61 Å². The molecule has 0 aliphatic heterocycles. The van der Waals surface area contributed by atoms with Crippen molar-refractivity contribution in [2.75, 3.05) is 18.7 Å². The van der Waals surface area contributed by atoms with Crippen molar-refractivity contribution in [3.63, 3.8) is 0 Å². The fourth-order valence-corrected chi connectivity index (χ4v) is 3.70. The maximum Gasteiger partial charge on any atom is 0.287 e. The molecule has 0 saturated carbocycles. The van der Waals surface area contributed by atoms with Crippen LogP contribution in [0.2, 0.25) is 0 Å². The third-order valence-corrected chi connectivity index (χ3v) is 5.29. The van der Waals surface area contributed by atoms with Gasteiger partial charge in [0.25, 0.3) is 5.91 Å². The summed E-state index contributed by atoms with van der Waals surface area (Å²) in [5.41, 5.74) is 1.37. The second-order valence-electron chi connectivity index (χ2n) is 6.43. The summed E-state index contributed by atoms with van der Waals surface area (Å²) in [4.78, 5) is 17.5. The molecule has 3 aromatic carbocycles. The number of hydrogen-bond acceptors (Lipinski definition) is 6. The van der Waals surface area contributed by atoms with Gasteiger partial charge in [-0.25, -0.2) is 9.37 Å². The van der Waals surface area contributed by atoms with Crippen LogP contribution in [0.5, 0.6) is 11.5 Å². The summed E-state index contributed by atoms with van der Waals surface area (Å²) >= 11 is 1.31. The molecule has 0 radical (unpaired) electrons. The first kappa shape index (κ1) is 20.5. The lowest BCUT2D eigenvalue weighted by atomic mass is 10.2. The summed E-state index contributed by atoms with van der Waals surface area (Å²) in [6.45, 7) is -0.218. The van der Waals surface area contributed by atoms with E-state index in [1.165, 1.54) is 34.7 Å². The van der Waals surface area contributed by atoms with Crippen LogP contribution in [-0.4, -0.2) is 30.8 Å². The van der Waals surface area contributed by atoms with E-state index >= 15 is 0 Å². The fourth-order valence-electron chi connectivity index (χ4n) is 2.73. The number of aromatic nitrogens is 1. The first-order valence-electron chi connectivity index (χ1n) is 9.37. The van der Waals surface area contributed by atoms with E-state index in [2.05, 4.69) is 10.1 Å². The monoisotopic (exact) mass is 435 g/mol. The molecular weight excluding hydrogens is 417 g/mol. The molecule has 1 amide bonds. The molecule has 0 atom stereocenters. The third kappa shape index (κ3) is 5.04. The Morgan fingerprint density at radius 2 is 1.87 bits per heavy atom. The lowest BCUT2D eigenvalue weighted by molar-refractivity contribution is -0.120. The molecule has 0 aliphatic carbocycles. The van der Waals surface area contributed by atoms with Crippen molar-refractivity contribution in [3.05, 3.63) is 84.2 Å². The molecule has 1 heterocycles. The van der Waals surface area contributed by atoms with E-state index in [0.717, 1.165) is 10.2 Å². The van der Waals surface area contributed by atoms with Crippen molar-refractivity contribution in [3.8, 4) is 11.5 Å². The molecule has 4 rings (SSSR count). The smallest absolute Gasteiger partial charge is 0.287 e. The Morgan fingerprint density at radius 1 is 1.10 bits per heavy atom. The van der Waals surface area contributed by atoms with Gasteiger partial charge in [0.2, 0.25) is 5.13 Å². The summed E-state index contributed by atoms with van der Waals surface area (Å²) < 4.78 is 24.9. The van der Waals surface area contributed by atoms with Crippen LogP contribution in [0.15, 0.2) is 77.9 Å². The zero-order valence-electron chi connectivity index (χ0n) is 16.6. The predicted molar refractivity (Wildman–Crippen MR) is 120 cm³/mol. The van der Waals surface area contributed by atoms with E-state index in [4.69, 9.17) is 9.47 Å². The zero-order valence-corrected chi connectivity index (χ0v) is 17.4. The van der Waals surface area contributed by atoms with Crippen LogP contribution in [0.1, 0.15) is 5.56 Å². The van der Waals surface area contributed by atoms with Crippen molar-refractivity contribution < 1.29 is 18.7 Å². The number of para-hydroxylation sites is 1. The largest absolute Gasteiger partial charge is 0.497 e. The SMILES string of the molecule is COc1ccc2nc(N(/N=C/c3ccc(F)cc3)C(=O)COc3ccccc3)sc2c1. The number of rotatable bonds is 7. The molecule has 31 heavy (non-hydrogen) atoms. The molecule has 6 nitrogen and oxygen atoms in total. The lowest BCUT2D eigenvalue weighted by Gasteiger charge is -2.14. The molecule has 0 saturated heterocycles. The van der Waals surface area contributed by atoms with Gasteiger partial charge in [-0.05, 0) is 48.0 Å². The number of hydrazone groups is 1. The molecule has 0 unspecified atom stereocenters. The number of carbonyl (C=O) groups excluding carboxylic acids is 1. The van der Waals surface area contributed by atoms with Gasteiger partial charge in [0, 0.05) is 0 Å². The molecule has 0 N–H and O–H groups in total. The molecule has 0 aliphatic rings. The maximum absolute atomic E-state index is 13.2. The van der Waals surface area contributed by atoms with E-state index in [1.54, 1.807) is 37.4 Å². The van der Waals surface area contributed by atoms with Crippen LogP contribution < -0.4 is 14.5 Å². The molecule has 0 fully saturated rings. The minimum absolute atomic E-state index is 0.218. The average Bonchev–Trinajstić information content (AvgIpc) is 3.22. The molecule has 1 aromatic heterocycles. The Kier molecular flexibility index (Phi) is 6.18. The summed E-state index contributed by atoms with van der Waals surface area (Å²) in [6.07, 6.45) is 1.48. The predicted octanol–water partition coefficient (Wildman–Crippen LogP) is 4.89. The summed E-state index contributed by atoms with van der Waals surface area (Å²) in [5, 5.41) is 5.91.